The van der Waals surface area contributed by atoms with Crippen LogP contribution in [0, 0.1) is 11.7 Å². The van der Waals surface area contributed by atoms with Crippen molar-refractivity contribution in [3.63, 3.8) is 0 Å². The van der Waals surface area contributed by atoms with E-state index in [-0.39, 0.29) is 24.2 Å². The minimum Gasteiger partial charge on any atom is -0.467 e. The number of hydrogen-bond donors (Lipinski definition) is 1. The first-order valence-electron chi connectivity index (χ1n) is 8.25. The first-order valence-corrected chi connectivity index (χ1v) is 8.25. The summed E-state index contributed by atoms with van der Waals surface area (Å²) in [5.74, 6) is -0.995. The van der Waals surface area contributed by atoms with E-state index in [2.05, 4.69) is 5.32 Å². The number of hydrogen-bond acceptors (Lipinski definition) is 4. The second kappa shape index (κ2) is 10.0. The molecule has 0 fully saturated rings. The molecule has 1 aromatic carbocycles. The molecule has 0 bridgehead atoms. The Bertz CT molecular complexity index is 551. The number of esters is 1. The summed E-state index contributed by atoms with van der Waals surface area (Å²) in [6, 6.07) is 5.66. The number of halogens is 1. The summed E-state index contributed by atoms with van der Waals surface area (Å²) >= 11 is 0. The Morgan fingerprint density at radius 3 is 2.58 bits per heavy atom. The third-order valence-corrected chi connectivity index (χ3v) is 4.09. The number of benzene rings is 1. The predicted octanol–water partition coefficient (Wildman–Crippen LogP) is 2.35. The van der Waals surface area contributed by atoms with Crippen LogP contribution in [0.1, 0.15) is 32.8 Å². The zero-order valence-electron chi connectivity index (χ0n) is 14.8. The van der Waals surface area contributed by atoms with Gasteiger partial charge in [0.2, 0.25) is 5.91 Å². The molecule has 0 saturated carbocycles. The lowest BCUT2D eigenvalue weighted by Crippen LogP contribution is -2.48. The Morgan fingerprint density at radius 1 is 1.33 bits per heavy atom. The van der Waals surface area contributed by atoms with E-state index >= 15 is 0 Å². The molecule has 24 heavy (non-hydrogen) atoms. The summed E-state index contributed by atoms with van der Waals surface area (Å²) in [6.07, 6.45) is 0.751. The van der Waals surface area contributed by atoms with E-state index in [1.807, 2.05) is 31.7 Å². The number of nitrogens with zero attached hydrogens (tertiary/aromatic N) is 1. The number of carbonyl (C=O) groups excluding carboxylic acids is 2. The number of likely N-dealkylation sites (N-methyl/N-ethyl adjacent to an activating group) is 1. The number of methoxy groups -OCH3 is 1. The van der Waals surface area contributed by atoms with Crippen molar-refractivity contribution < 1.29 is 18.7 Å². The van der Waals surface area contributed by atoms with Gasteiger partial charge in [0.05, 0.1) is 13.7 Å². The van der Waals surface area contributed by atoms with Crippen molar-refractivity contribution in [3.8, 4) is 0 Å². The van der Waals surface area contributed by atoms with Crippen LogP contribution in [0.15, 0.2) is 24.3 Å². The van der Waals surface area contributed by atoms with Crippen LogP contribution in [0.2, 0.25) is 0 Å². The molecule has 2 unspecified atom stereocenters. The first-order chi connectivity index (χ1) is 11.4. The van der Waals surface area contributed by atoms with Gasteiger partial charge in [0.1, 0.15) is 11.9 Å². The monoisotopic (exact) mass is 338 g/mol. The Labute approximate surface area is 143 Å². The standard InChI is InChI=1S/C18H27FN2O3/c1-5-13(3)17(18(23)24-4)20-16(22)12-21(6-2)11-14-8-7-9-15(19)10-14/h7-10,13,17H,5-6,11-12H2,1-4H3,(H,20,22). The Hall–Kier alpha value is -1.95. The fourth-order valence-electron chi connectivity index (χ4n) is 2.39. The molecule has 1 amide bonds. The third-order valence-electron chi connectivity index (χ3n) is 4.09. The van der Waals surface area contributed by atoms with Crippen molar-refractivity contribution in [1.29, 1.82) is 0 Å². The number of nitrogens with one attached hydrogen (secondary N) is 1. The van der Waals surface area contributed by atoms with Crippen molar-refractivity contribution in [2.24, 2.45) is 5.92 Å². The van der Waals surface area contributed by atoms with E-state index in [0.29, 0.717) is 13.1 Å². The van der Waals surface area contributed by atoms with Crippen LogP contribution in [-0.4, -0.2) is 43.0 Å². The smallest absolute Gasteiger partial charge is 0.328 e. The maximum Gasteiger partial charge on any atom is 0.328 e. The number of ether oxygens (including phenoxy) is 1. The van der Waals surface area contributed by atoms with Crippen LogP contribution in [0.25, 0.3) is 0 Å². The molecule has 134 valence electrons. The van der Waals surface area contributed by atoms with E-state index in [0.717, 1.165) is 12.0 Å². The fraction of sp³-hybridized carbons (Fsp3) is 0.556. The van der Waals surface area contributed by atoms with E-state index in [9.17, 15) is 14.0 Å². The third kappa shape index (κ3) is 6.28. The lowest BCUT2D eigenvalue weighted by Gasteiger charge is -2.24. The maximum atomic E-state index is 13.3. The van der Waals surface area contributed by atoms with Crippen molar-refractivity contribution in [2.45, 2.75) is 39.8 Å². The molecule has 2 atom stereocenters. The van der Waals surface area contributed by atoms with E-state index in [1.54, 1.807) is 6.07 Å². The predicted molar refractivity (Wildman–Crippen MR) is 90.8 cm³/mol. The molecule has 0 aliphatic carbocycles. The Balaban J connectivity index is 2.66. The molecule has 0 heterocycles. The van der Waals surface area contributed by atoms with Crippen molar-refractivity contribution in [1.82, 2.24) is 10.2 Å². The first kappa shape index (κ1) is 20.1. The van der Waals surface area contributed by atoms with Crippen LogP contribution in [0.4, 0.5) is 4.39 Å². The molecular weight excluding hydrogens is 311 g/mol. The summed E-state index contributed by atoms with van der Waals surface area (Å²) in [4.78, 5) is 26.0. The minimum atomic E-state index is -0.652. The van der Waals surface area contributed by atoms with Crippen LogP contribution >= 0.6 is 0 Å². The molecule has 0 aromatic heterocycles. The van der Waals surface area contributed by atoms with E-state index < -0.39 is 12.0 Å². The SMILES string of the molecule is CCC(C)C(NC(=O)CN(CC)Cc1cccc(F)c1)C(=O)OC. The molecule has 0 aliphatic heterocycles. The van der Waals surface area contributed by atoms with Gasteiger partial charge in [-0.25, -0.2) is 9.18 Å². The highest BCUT2D eigenvalue weighted by molar-refractivity contribution is 5.85. The van der Waals surface area contributed by atoms with Crippen molar-refractivity contribution >= 4 is 11.9 Å². The van der Waals surface area contributed by atoms with Gasteiger partial charge in [0.15, 0.2) is 0 Å². The zero-order chi connectivity index (χ0) is 18.1. The number of amides is 1. The van der Waals surface area contributed by atoms with Gasteiger partial charge in [-0.05, 0) is 30.2 Å². The van der Waals surface area contributed by atoms with Gasteiger partial charge in [-0.2, -0.15) is 0 Å². The molecule has 1 aromatic rings. The molecule has 0 aliphatic rings. The van der Waals surface area contributed by atoms with Gasteiger partial charge in [-0.1, -0.05) is 39.3 Å². The Morgan fingerprint density at radius 2 is 2.04 bits per heavy atom. The molecule has 6 heteroatoms. The van der Waals surface area contributed by atoms with Gasteiger partial charge in [0.25, 0.3) is 0 Å². The number of rotatable bonds is 9. The zero-order valence-corrected chi connectivity index (χ0v) is 14.8. The normalized spacial score (nSPS) is 13.4. The van der Waals surface area contributed by atoms with E-state index in [1.165, 1.54) is 19.2 Å². The van der Waals surface area contributed by atoms with Gasteiger partial charge >= 0.3 is 5.97 Å². The molecule has 1 rings (SSSR count). The maximum absolute atomic E-state index is 13.3. The molecule has 5 nitrogen and oxygen atoms in total. The molecular formula is C18H27FN2O3. The average Bonchev–Trinajstić information content (AvgIpc) is 2.57. The summed E-state index contributed by atoms with van der Waals surface area (Å²) in [6.45, 7) is 7.02. The van der Waals surface area contributed by atoms with Crippen LogP contribution in [-0.2, 0) is 20.9 Å². The van der Waals surface area contributed by atoms with Gasteiger partial charge < -0.3 is 10.1 Å². The molecule has 0 radical (unpaired) electrons. The summed E-state index contributed by atoms with van der Waals surface area (Å²) < 4.78 is 18.0. The van der Waals surface area contributed by atoms with Crippen LogP contribution < -0.4 is 5.32 Å². The summed E-state index contributed by atoms with van der Waals surface area (Å²) in [7, 11) is 1.31. The van der Waals surface area contributed by atoms with E-state index in [4.69, 9.17) is 4.74 Å². The van der Waals surface area contributed by atoms with Crippen LogP contribution in [0.3, 0.4) is 0 Å². The lowest BCUT2D eigenvalue weighted by atomic mass is 9.99. The quantitative estimate of drug-likeness (QED) is 0.702. The van der Waals surface area contributed by atoms with Crippen LogP contribution in [0.5, 0.6) is 0 Å². The topological polar surface area (TPSA) is 58.6 Å². The fourth-order valence-corrected chi connectivity index (χ4v) is 2.39. The highest BCUT2D eigenvalue weighted by Gasteiger charge is 2.27. The molecule has 1 N–H and O–H groups in total. The summed E-state index contributed by atoms with van der Waals surface area (Å²) in [5, 5.41) is 2.75. The minimum absolute atomic E-state index is 0.0142. The number of carbonyl (C=O) groups is 2. The van der Waals surface area contributed by atoms with Gasteiger partial charge in [0, 0.05) is 6.54 Å². The van der Waals surface area contributed by atoms with Crippen molar-refractivity contribution in [2.75, 3.05) is 20.2 Å². The highest BCUT2D eigenvalue weighted by Crippen LogP contribution is 2.10. The van der Waals surface area contributed by atoms with Gasteiger partial charge in [-0.3, -0.25) is 9.69 Å². The highest BCUT2D eigenvalue weighted by atomic mass is 19.1. The molecule has 0 saturated heterocycles. The molecule has 0 spiro atoms. The second-order valence-corrected chi connectivity index (χ2v) is 5.89. The van der Waals surface area contributed by atoms with Gasteiger partial charge in [-0.15, -0.1) is 0 Å². The summed E-state index contributed by atoms with van der Waals surface area (Å²) in [5.41, 5.74) is 0.802. The average molecular weight is 338 g/mol. The Kier molecular flexibility index (Phi) is 8.40. The largest absolute Gasteiger partial charge is 0.467 e. The van der Waals surface area contributed by atoms with Crippen molar-refractivity contribution in [3.05, 3.63) is 35.6 Å². The second-order valence-electron chi connectivity index (χ2n) is 5.89. The lowest BCUT2D eigenvalue weighted by molar-refractivity contribution is -0.146.